The van der Waals surface area contributed by atoms with E-state index < -0.39 is 4.92 Å². The number of nitrogens with one attached hydrogen (secondary N) is 1. The van der Waals surface area contributed by atoms with Crippen molar-refractivity contribution in [2.45, 2.75) is 0 Å². The van der Waals surface area contributed by atoms with Crippen LogP contribution in [0.4, 0.5) is 5.69 Å². The number of amidine groups is 1. The van der Waals surface area contributed by atoms with Gasteiger partial charge in [-0.1, -0.05) is 30.3 Å². The van der Waals surface area contributed by atoms with Crippen molar-refractivity contribution >= 4 is 22.9 Å². The summed E-state index contributed by atoms with van der Waals surface area (Å²) in [5.41, 5.74) is 3.29. The molecule has 29 heavy (non-hydrogen) atoms. The van der Waals surface area contributed by atoms with Crippen LogP contribution in [0.25, 0.3) is 16.9 Å². The lowest BCUT2D eigenvalue weighted by Crippen LogP contribution is -2.16. The van der Waals surface area contributed by atoms with E-state index in [1.807, 2.05) is 40.3 Å². The summed E-state index contributed by atoms with van der Waals surface area (Å²) in [5, 5.41) is 21.3. The van der Waals surface area contributed by atoms with Crippen molar-refractivity contribution in [3.05, 3.63) is 105 Å². The number of benzene rings is 2. The number of aromatic nitrogens is 2. The molecular formula is C21H15N5O2S. The Morgan fingerprint density at radius 1 is 1.03 bits per heavy atom. The summed E-state index contributed by atoms with van der Waals surface area (Å²) in [6.07, 6.45) is 3.24. The quantitative estimate of drug-likeness (QED) is 0.237. The predicted octanol–water partition coefficient (Wildman–Crippen LogP) is 4.44. The summed E-state index contributed by atoms with van der Waals surface area (Å²) in [4.78, 5) is 19.7. The first kappa shape index (κ1) is 18.5. The van der Waals surface area contributed by atoms with Crippen LogP contribution < -0.4 is 4.80 Å². The first-order valence-electron chi connectivity index (χ1n) is 8.68. The van der Waals surface area contributed by atoms with Crippen molar-refractivity contribution in [3.8, 4) is 16.9 Å². The fourth-order valence-corrected chi connectivity index (χ4v) is 3.75. The van der Waals surface area contributed by atoms with Gasteiger partial charge in [0, 0.05) is 41.2 Å². The molecule has 0 saturated heterocycles. The van der Waals surface area contributed by atoms with E-state index in [1.54, 1.807) is 36.7 Å². The molecule has 8 heteroatoms. The zero-order valence-corrected chi connectivity index (χ0v) is 15.9. The molecule has 0 aliphatic carbocycles. The first-order chi connectivity index (χ1) is 14.1. The number of nitro groups is 1. The summed E-state index contributed by atoms with van der Waals surface area (Å²) in [7, 11) is 0. The highest BCUT2D eigenvalue weighted by atomic mass is 32.1. The third-order valence-electron chi connectivity index (χ3n) is 4.26. The molecule has 0 spiro atoms. The Kier molecular flexibility index (Phi) is 5.08. The molecule has 0 atom stereocenters. The lowest BCUT2D eigenvalue weighted by Gasteiger charge is -2.09. The zero-order chi connectivity index (χ0) is 20.2. The third-order valence-corrected chi connectivity index (χ3v) is 5.08. The fourth-order valence-electron chi connectivity index (χ4n) is 2.84. The molecule has 7 nitrogen and oxygen atoms in total. The molecule has 0 fully saturated rings. The summed E-state index contributed by atoms with van der Waals surface area (Å²) in [5.74, 6) is 0.115. The largest absolute Gasteiger partial charge is 0.285 e. The Morgan fingerprint density at radius 3 is 2.38 bits per heavy atom. The Hall–Kier alpha value is -3.91. The van der Waals surface area contributed by atoms with E-state index >= 15 is 0 Å². The second-order valence-corrected chi connectivity index (χ2v) is 6.91. The van der Waals surface area contributed by atoms with Crippen LogP contribution in [0.15, 0.2) is 89.5 Å². The Morgan fingerprint density at radius 2 is 1.72 bits per heavy atom. The van der Waals surface area contributed by atoms with Gasteiger partial charge in [0.15, 0.2) is 10.6 Å². The van der Waals surface area contributed by atoms with Crippen molar-refractivity contribution < 1.29 is 4.92 Å². The van der Waals surface area contributed by atoms with E-state index in [-0.39, 0.29) is 11.5 Å². The van der Waals surface area contributed by atoms with Crippen LogP contribution in [0.2, 0.25) is 0 Å². The average Bonchev–Trinajstić information content (AvgIpc) is 3.18. The molecule has 0 aliphatic rings. The highest BCUT2D eigenvalue weighted by Gasteiger charge is 2.12. The molecule has 2 heterocycles. The highest BCUT2D eigenvalue weighted by molar-refractivity contribution is 7.07. The highest BCUT2D eigenvalue weighted by Crippen LogP contribution is 2.24. The van der Waals surface area contributed by atoms with Crippen molar-refractivity contribution in [1.82, 2.24) is 9.55 Å². The van der Waals surface area contributed by atoms with Crippen molar-refractivity contribution in [2.75, 3.05) is 0 Å². The summed E-state index contributed by atoms with van der Waals surface area (Å²) in [6.45, 7) is 0. The molecule has 2 aromatic carbocycles. The second-order valence-electron chi connectivity index (χ2n) is 6.07. The second kappa shape index (κ2) is 7.99. The van der Waals surface area contributed by atoms with E-state index in [2.05, 4.69) is 9.98 Å². The van der Waals surface area contributed by atoms with Gasteiger partial charge < -0.3 is 0 Å². The number of non-ortho nitro benzene ring substituents is 1. The number of hydrogen-bond donors (Lipinski definition) is 1. The maximum Gasteiger partial charge on any atom is 0.269 e. The van der Waals surface area contributed by atoms with E-state index in [9.17, 15) is 10.1 Å². The number of thiazole rings is 1. The van der Waals surface area contributed by atoms with E-state index in [0.29, 0.717) is 10.4 Å². The fraction of sp³-hybridized carbons (Fsp3) is 0. The molecule has 2 aromatic heterocycles. The topological polar surface area (TPSA) is 97.2 Å². The molecule has 0 unspecified atom stereocenters. The van der Waals surface area contributed by atoms with Crippen LogP contribution >= 0.6 is 11.3 Å². The molecular weight excluding hydrogens is 386 g/mol. The van der Waals surface area contributed by atoms with E-state index in [1.165, 1.54) is 23.5 Å². The van der Waals surface area contributed by atoms with Gasteiger partial charge in [-0.15, -0.1) is 11.3 Å². The van der Waals surface area contributed by atoms with Gasteiger partial charge in [-0.2, -0.15) is 0 Å². The molecule has 1 N–H and O–H groups in total. The van der Waals surface area contributed by atoms with E-state index in [4.69, 9.17) is 5.41 Å². The lowest BCUT2D eigenvalue weighted by molar-refractivity contribution is -0.384. The number of pyridine rings is 1. The molecule has 0 radical (unpaired) electrons. The third kappa shape index (κ3) is 3.87. The van der Waals surface area contributed by atoms with Gasteiger partial charge in [0.1, 0.15) is 0 Å². The molecule has 4 rings (SSSR count). The Balaban J connectivity index is 1.88. The number of nitro benzene ring substituents is 1. The Labute approximate surface area is 169 Å². The SMILES string of the molecule is N=C(N=c1scc(-c2ccccc2)n1-c1ccc([N+](=O)[O-])cc1)c1ccncc1. The minimum absolute atomic E-state index is 0.0221. The molecule has 142 valence electrons. The van der Waals surface area contributed by atoms with Crippen LogP contribution in [0.3, 0.4) is 0 Å². The first-order valence-corrected chi connectivity index (χ1v) is 9.56. The van der Waals surface area contributed by atoms with Gasteiger partial charge in [-0.3, -0.25) is 25.1 Å². The van der Waals surface area contributed by atoms with Gasteiger partial charge in [-0.25, -0.2) is 4.99 Å². The maximum atomic E-state index is 11.0. The van der Waals surface area contributed by atoms with Crippen LogP contribution in [0.5, 0.6) is 0 Å². The smallest absolute Gasteiger partial charge is 0.269 e. The molecule has 0 amide bonds. The summed E-state index contributed by atoms with van der Waals surface area (Å²) < 4.78 is 1.90. The van der Waals surface area contributed by atoms with Crippen LogP contribution in [-0.4, -0.2) is 20.3 Å². The number of nitrogens with zero attached hydrogens (tertiary/aromatic N) is 4. The van der Waals surface area contributed by atoms with Crippen molar-refractivity contribution in [2.24, 2.45) is 4.99 Å². The Bertz CT molecular complexity index is 1230. The standard InChI is InChI=1S/C21H15N5O2S/c22-20(16-10-12-23-13-11-16)24-21-25(17-6-8-18(9-7-17)26(27)28)19(14-29-21)15-4-2-1-3-5-15/h1-14,22H. The average molecular weight is 401 g/mol. The minimum atomic E-state index is -0.426. The summed E-state index contributed by atoms with van der Waals surface area (Å²) in [6, 6.07) is 19.6. The van der Waals surface area contributed by atoms with Crippen LogP contribution in [-0.2, 0) is 0 Å². The number of hydrogen-bond acceptors (Lipinski definition) is 5. The van der Waals surface area contributed by atoms with Gasteiger partial charge in [0.05, 0.1) is 10.6 Å². The van der Waals surface area contributed by atoms with Gasteiger partial charge in [0.2, 0.25) is 0 Å². The maximum absolute atomic E-state index is 11.0. The van der Waals surface area contributed by atoms with E-state index in [0.717, 1.165) is 16.9 Å². The molecule has 4 aromatic rings. The lowest BCUT2D eigenvalue weighted by atomic mass is 10.1. The van der Waals surface area contributed by atoms with Crippen molar-refractivity contribution in [1.29, 1.82) is 5.41 Å². The minimum Gasteiger partial charge on any atom is -0.285 e. The molecule has 0 saturated carbocycles. The predicted molar refractivity (Wildman–Crippen MR) is 112 cm³/mol. The normalized spacial score (nSPS) is 11.4. The monoisotopic (exact) mass is 401 g/mol. The van der Waals surface area contributed by atoms with Crippen molar-refractivity contribution in [3.63, 3.8) is 0 Å². The molecule has 0 aliphatic heterocycles. The van der Waals surface area contributed by atoms with Gasteiger partial charge in [0.25, 0.3) is 5.69 Å². The summed E-state index contributed by atoms with van der Waals surface area (Å²) >= 11 is 1.41. The molecule has 0 bridgehead atoms. The van der Waals surface area contributed by atoms with Gasteiger partial charge >= 0.3 is 0 Å². The van der Waals surface area contributed by atoms with Gasteiger partial charge in [-0.05, 0) is 29.8 Å². The van der Waals surface area contributed by atoms with Crippen LogP contribution in [0.1, 0.15) is 5.56 Å². The zero-order valence-electron chi connectivity index (χ0n) is 15.1. The number of rotatable bonds is 4. The van der Waals surface area contributed by atoms with Crippen LogP contribution in [0, 0.1) is 15.5 Å².